The third-order valence-electron chi connectivity index (χ3n) is 3.78. The van der Waals surface area contributed by atoms with Crippen molar-refractivity contribution in [3.05, 3.63) is 23.8 Å². The predicted octanol–water partition coefficient (Wildman–Crippen LogP) is 1.96. The van der Waals surface area contributed by atoms with Gasteiger partial charge in [0.15, 0.2) is 0 Å². The molecule has 1 aromatic rings. The van der Waals surface area contributed by atoms with Crippen LogP contribution in [0.4, 0.5) is 11.4 Å². The molecule has 5 N–H and O–H groups in total. The van der Waals surface area contributed by atoms with Crippen LogP contribution in [0.2, 0.25) is 0 Å². The van der Waals surface area contributed by atoms with Crippen molar-refractivity contribution in [2.45, 2.75) is 45.2 Å². The van der Waals surface area contributed by atoms with Crippen LogP contribution in [-0.4, -0.2) is 23.0 Å². The van der Waals surface area contributed by atoms with Crippen molar-refractivity contribution in [1.29, 1.82) is 0 Å². The molecule has 5 heteroatoms. The molecule has 1 aromatic carbocycles. The molecule has 1 aliphatic rings. The average Bonchev–Trinajstić information content (AvgIpc) is 2.35. The van der Waals surface area contributed by atoms with Gasteiger partial charge in [-0.05, 0) is 44.9 Å². The molecule has 2 rings (SSSR count). The molecule has 0 radical (unpaired) electrons. The molecule has 1 heterocycles. The summed E-state index contributed by atoms with van der Waals surface area (Å²) in [6, 6.07) is 6.06. The molecule has 1 amide bonds. The van der Waals surface area contributed by atoms with Crippen LogP contribution >= 0.6 is 0 Å². The summed E-state index contributed by atoms with van der Waals surface area (Å²) >= 11 is 0. The zero-order valence-corrected chi connectivity index (χ0v) is 11.5. The second kappa shape index (κ2) is 5.48. The van der Waals surface area contributed by atoms with Crippen LogP contribution in [0.5, 0.6) is 0 Å². The van der Waals surface area contributed by atoms with Gasteiger partial charge in [0.2, 0.25) is 5.91 Å². The Morgan fingerprint density at radius 1 is 1.32 bits per heavy atom. The first-order valence-corrected chi connectivity index (χ1v) is 6.73. The molecule has 1 fully saturated rings. The zero-order chi connectivity index (χ0) is 14.0. The smallest absolute Gasteiger partial charge is 0.248 e. The van der Waals surface area contributed by atoms with Gasteiger partial charge in [0.05, 0.1) is 11.4 Å². The maximum atomic E-state index is 11.1. The van der Waals surface area contributed by atoms with Gasteiger partial charge in [-0.15, -0.1) is 0 Å². The van der Waals surface area contributed by atoms with Gasteiger partial charge in [-0.1, -0.05) is 6.42 Å². The van der Waals surface area contributed by atoms with Crippen molar-refractivity contribution in [2.24, 2.45) is 5.73 Å². The first-order chi connectivity index (χ1) is 8.99. The van der Waals surface area contributed by atoms with Gasteiger partial charge in [-0.2, -0.15) is 0 Å². The third-order valence-corrected chi connectivity index (χ3v) is 3.78. The van der Waals surface area contributed by atoms with E-state index in [1.165, 1.54) is 19.3 Å². The van der Waals surface area contributed by atoms with Gasteiger partial charge in [-0.3, -0.25) is 4.79 Å². The van der Waals surface area contributed by atoms with Gasteiger partial charge >= 0.3 is 0 Å². The highest BCUT2D eigenvalue weighted by atomic mass is 16.1. The van der Waals surface area contributed by atoms with Crippen molar-refractivity contribution >= 4 is 17.3 Å². The second-order valence-corrected chi connectivity index (χ2v) is 5.31. The number of hydrazine groups is 1. The van der Waals surface area contributed by atoms with Crippen molar-refractivity contribution in [2.75, 3.05) is 11.2 Å². The Labute approximate surface area is 113 Å². The molecule has 0 spiro atoms. The topological polar surface area (TPSA) is 84.4 Å². The molecule has 5 nitrogen and oxygen atoms in total. The molecule has 2 atom stereocenters. The minimum absolute atomic E-state index is 0.433. The van der Waals surface area contributed by atoms with Gasteiger partial charge in [0.25, 0.3) is 0 Å². The molecular weight excluding hydrogens is 240 g/mol. The fraction of sp³-hybridized carbons (Fsp3) is 0.500. The minimum Gasteiger partial charge on any atom is -0.397 e. The number of hydrogen-bond acceptors (Lipinski definition) is 4. The number of carbonyl (C=O) groups is 1. The van der Waals surface area contributed by atoms with E-state index in [9.17, 15) is 4.79 Å². The number of hydrogen-bond donors (Lipinski definition) is 3. The molecule has 19 heavy (non-hydrogen) atoms. The van der Waals surface area contributed by atoms with E-state index in [2.05, 4.69) is 24.3 Å². The number of piperidine rings is 1. The Kier molecular flexibility index (Phi) is 3.95. The number of nitrogen functional groups attached to an aromatic ring is 1. The van der Waals surface area contributed by atoms with Crippen LogP contribution in [0.1, 0.15) is 43.5 Å². The molecule has 104 valence electrons. The number of primary amides is 1. The summed E-state index contributed by atoms with van der Waals surface area (Å²) in [5.41, 5.74) is 16.4. The number of nitrogens with two attached hydrogens (primary N) is 2. The molecule has 0 bridgehead atoms. The van der Waals surface area contributed by atoms with Gasteiger partial charge < -0.3 is 16.9 Å². The van der Waals surface area contributed by atoms with Crippen LogP contribution in [0, 0.1) is 0 Å². The Morgan fingerprint density at radius 3 is 2.47 bits per heavy atom. The monoisotopic (exact) mass is 262 g/mol. The second-order valence-electron chi connectivity index (χ2n) is 5.31. The molecule has 0 aliphatic carbocycles. The number of benzene rings is 1. The van der Waals surface area contributed by atoms with Crippen LogP contribution in [0.3, 0.4) is 0 Å². The lowest BCUT2D eigenvalue weighted by atomic mass is 10.00. The van der Waals surface area contributed by atoms with E-state index in [1.54, 1.807) is 12.1 Å². The summed E-state index contributed by atoms with van der Waals surface area (Å²) < 4.78 is 0. The normalized spacial score (nSPS) is 24.1. The van der Waals surface area contributed by atoms with Crippen LogP contribution < -0.4 is 16.9 Å². The highest BCUT2D eigenvalue weighted by molar-refractivity contribution is 5.94. The van der Waals surface area contributed by atoms with E-state index >= 15 is 0 Å². The van der Waals surface area contributed by atoms with Crippen LogP contribution in [0.15, 0.2) is 18.2 Å². The number of amides is 1. The summed E-state index contributed by atoms with van der Waals surface area (Å²) in [5.74, 6) is -0.460. The molecular formula is C14H22N4O. The van der Waals surface area contributed by atoms with Gasteiger partial charge in [0, 0.05) is 17.6 Å². The lowest BCUT2D eigenvalue weighted by Crippen LogP contribution is -2.47. The maximum Gasteiger partial charge on any atom is 0.248 e. The molecule has 0 aromatic heterocycles. The van der Waals surface area contributed by atoms with E-state index in [0.717, 1.165) is 5.69 Å². The quantitative estimate of drug-likeness (QED) is 0.727. The van der Waals surface area contributed by atoms with Crippen LogP contribution in [0.25, 0.3) is 0 Å². The predicted molar refractivity (Wildman–Crippen MR) is 77.6 cm³/mol. The number of rotatable bonds is 3. The van der Waals surface area contributed by atoms with E-state index in [4.69, 9.17) is 11.5 Å². The highest BCUT2D eigenvalue weighted by Gasteiger charge is 2.25. The Bertz CT molecular complexity index is 465. The SMILES string of the molecule is CC1CCCC(C)N1Nc1ccc(C(N)=O)cc1N. The lowest BCUT2D eigenvalue weighted by molar-refractivity contribution is 0.100. The average molecular weight is 262 g/mol. The Balaban J connectivity index is 2.16. The first-order valence-electron chi connectivity index (χ1n) is 6.73. The van der Waals surface area contributed by atoms with Crippen molar-refractivity contribution in [3.8, 4) is 0 Å². The summed E-state index contributed by atoms with van der Waals surface area (Å²) in [7, 11) is 0. The summed E-state index contributed by atoms with van der Waals surface area (Å²) in [6.45, 7) is 4.41. The zero-order valence-electron chi connectivity index (χ0n) is 11.5. The van der Waals surface area contributed by atoms with E-state index in [1.807, 2.05) is 6.07 Å². The maximum absolute atomic E-state index is 11.1. The number of nitrogens with one attached hydrogen (secondary N) is 1. The number of nitrogens with zero attached hydrogens (tertiary/aromatic N) is 1. The van der Waals surface area contributed by atoms with Crippen LogP contribution in [-0.2, 0) is 0 Å². The summed E-state index contributed by atoms with van der Waals surface area (Å²) in [6.07, 6.45) is 3.61. The Hall–Kier alpha value is -1.75. The molecule has 2 unspecified atom stereocenters. The van der Waals surface area contributed by atoms with E-state index in [0.29, 0.717) is 23.3 Å². The first kappa shape index (κ1) is 13.7. The van der Waals surface area contributed by atoms with E-state index < -0.39 is 5.91 Å². The minimum atomic E-state index is -0.460. The summed E-state index contributed by atoms with van der Waals surface area (Å²) in [4.78, 5) is 11.1. The number of anilines is 2. The lowest BCUT2D eigenvalue weighted by Gasteiger charge is -2.39. The largest absolute Gasteiger partial charge is 0.397 e. The van der Waals surface area contributed by atoms with Crippen molar-refractivity contribution in [1.82, 2.24) is 5.01 Å². The highest BCUT2D eigenvalue weighted by Crippen LogP contribution is 2.26. The van der Waals surface area contributed by atoms with Gasteiger partial charge in [0.1, 0.15) is 0 Å². The number of carbonyl (C=O) groups excluding carboxylic acids is 1. The third kappa shape index (κ3) is 2.98. The fourth-order valence-electron chi connectivity index (χ4n) is 2.60. The molecule has 1 saturated heterocycles. The van der Waals surface area contributed by atoms with Gasteiger partial charge in [-0.25, -0.2) is 5.01 Å². The Morgan fingerprint density at radius 2 is 1.95 bits per heavy atom. The molecule has 1 aliphatic heterocycles. The van der Waals surface area contributed by atoms with Crippen molar-refractivity contribution < 1.29 is 4.79 Å². The summed E-state index contributed by atoms with van der Waals surface area (Å²) in [5, 5.41) is 2.24. The molecule has 0 saturated carbocycles. The van der Waals surface area contributed by atoms with Crippen molar-refractivity contribution in [3.63, 3.8) is 0 Å². The van der Waals surface area contributed by atoms with E-state index in [-0.39, 0.29) is 0 Å². The fourth-order valence-corrected chi connectivity index (χ4v) is 2.60. The standard InChI is InChI=1S/C14H22N4O/c1-9-4-3-5-10(2)18(9)17-13-7-6-11(14(16)19)8-12(13)15/h6-10,17H,3-5,15H2,1-2H3,(H2,16,19).